The Kier molecular flexibility index (Phi) is 6.06. The molecular weight excluding hydrogens is 495 g/mol. The number of fused-ring (bicyclic) bond motifs is 1. The first-order valence-electron chi connectivity index (χ1n) is 8.53. The van der Waals surface area contributed by atoms with Gasteiger partial charge in [0.05, 0.1) is 25.9 Å². The number of ether oxygens (including phenoxy) is 1. The van der Waals surface area contributed by atoms with Crippen LogP contribution in [0.15, 0.2) is 65.1 Å². The molecule has 4 aromatic rings. The number of nitrogens with zero attached hydrogens (tertiary/aromatic N) is 1. The number of benzene rings is 3. The highest BCUT2D eigenvalue weighted by Crippen LogP contribution is 2.38. The highest BCUT2D eigenvalue weighted by Gasteiger charge is 2.15. The van der Waals surface area contributed by atoms with Crippen LogP contribution < -0.4 is 10.1 Å². The lowest BCUT2D eigenvalue weighted by Crippen LogP contribution is -2.20. The van der Waals surface area contributed by atoms with Crippen molar-refractivity contribution in [3.05, 3.63) is 75.2 Å². The Morgan fingerprint density at radius 2 is 1.83 bits per heavy atom. The van der Waals surface area contributed by atoms with Gasteiger partial charge in [-0.15, -0.1) is 11.3 Å². The van der Waals surface area contributed by atoms with E-state index < -0.39 is 0 Å². The van der Waals surface area contributed by atoms with Gasteiger partial charge in [-0.25, -0.2) is 4.98 Å². The molecule has 0 unspecified atom stereocenters. The minimum absolute atomic E-state index is 0.142. The molecule has 4 rings (SSSR count). The summed E-state index contributed by atoms with van der Waals surface area (Å²) in [6.07, 6.45) is 0. The number of nitrogens with one attached hydrogen (secondary N) is 1. The number of hydrogen-bond donors (Lipinski definition) is 1. The van der Waals surface area contributed by atoms with Crippen molar-refractivity contribution in [2.75, 3.05) is 11.9 Å². The zero-order valence-corrected chi connectivity index (χ0v) is 18.7. The third-order valence-electron chi connectivity index (χ3n) is 4.04. The molecule has 4 nitrogen and oxygen atoms in total. The normalized spacial score (nSPS) is 10.9. The van der Waals surface area contributed by atoms with Gasteiger partial charge in [-0.2, -0.15) is 0 Å². The summed E-state index contributed by atoms with van der Waals surface area (Å²) in [5.41, 5.74) is 2.06. The summed E-state index contributed by atoms with van der Waals surface area (Å²) in [4.78, 5) is 17.0. The maximum Gasteiger partial charge on any atom is 0.262 e. The van der Waals surface area contributed by atoms with Crippen molar-refractivity contribution in [3.8, 4) is 16.3 Å². The number of aromatic nitrogens is 1. The van der Waals surface area contributed by atoms with Crippen LogP contribution in [0.3, 0.4) is 0 Å². The average Bonchev–Trinajstić information content (AvgIpc) is 3.13. The summed E-state index contributed by atoms with van der Waals surface area (Å²) in [6, 6.07) is 18.4. The lowest BCUT2D eigenvalue weighted by Gasteiger charge is -2.11. The van der Waals surface area contributed by atoms with Crippen molar-refractivity contribution in [2.45, 2.75) is 0 Å². The SMILES string of the molecule is O=C(COc1ccc(Br)cc1)Nc1cc(-c2nc3ccccc3s2)c(Cl)cc1Cl. The number of amides is 1. The lowest BCUT2D eigenvalue weighted by atomic mass is 10.2. The molecular formula is C21H13BrCl2N2O2S. The zero-order chi connectivity index (χ0) is 20.4. The maximum absolute atomic E-state index is 12.3. The van der Waals surface area contributed by atoms with E-state index in [2.05, 4.69) is 26.2 Å². The molecule has 146 valence electrons. The molecule has 29 heavy (non-hydrogen) atoms. The fourth-order valence-corrected chi connectivity index (χ4v) is 4.50. The Hall–Kier alpha value is -2.12. The van der Waals surface area contributed by atoms with Crippen LogP contribution in [0, 0.1) is 0 Å². The Morgan fingerprint density at radius 3 is 2.59 bits per heavy atom. The second-order valence-electron chi connectivity index (χ2n) is 6.09. The van der Waals surface area contributed by atoms with Gasteiger partial charge in [-0.1, -0.05) is 51.3 Å². The second kappa shape index (κ2) is 8.71. The Morgan fingerprint density at radius 1 is 1.07 bits per heavy atom. The first kappa shape index (κ1) is 20.2. The van der Waals surface area contributed by atoms with E-state index >= 15 is 0 Å². The van der Waals surface area contributed by atoms with E-state index in [0.29, 0.717) is 27.0 Å². The molecule has 0 saturated heterocycles. The minimum Gasteiger partial charge on any atom is -0.484 e. The van der Waals surface area contributed by atoms with Crippen LogP contribution in [-0.4, -0.2) is 17.5 Å². The number of hydrogen-bond acceptors (Lipinski definition) is 4. The van der Waals surface area contributed by atoms with E-state index in [1.807, 2.05) is 36.4 Å². The van der Waals surface area contributed by atoms with Gasteiger partial charge in [-0.05, 0) is 48.5 Å². The summed E-state index contributed by atoms with van der Waals surface area (Å²) >= 11 is 17.6. The first-order valence-corrected chi connectivity index (χ1v) is 10.9. The predicted octanol–water partition coefficient (Wildman–Crippen LogP) is 7.05. The molecule has 8 heteroatoms. The van der Waals surface area contributed by atoms with Gasteiger partial charge in [0.2, 0.25) is 0 Å². The molecule has 0 radical (unpaired) electrons. The number of halogens is 3. The summed E-state index contributed by atoms with van der Waals surface area (Å²) in [5, 5.41) is 4.35. The van der Waals surface area contributed by atoms with Crippen molar-refractivity contribution >= 4 is 72.3 Å². The molecule has 1 heterocycles. The van der Waals surface area contributed by atoms with Gasteiger partial charge in [0, 0.05) is 10.0 Å². The van der Waals surface area contributed by atoms with Crippen molar-refractivity contribution in [1.82, 2.24) is 4.98 Å². The first-order chi connectivity index (χ1) is 14.0. The lowest BCUT2D eigenvalue weighted by molar-refractivity contribution is -0.118. The van der Waals surface area contributed by atoms with E-state index in [0.717, 1.165) is 19.7 Å². The third-order valence-corrected chi connectivity index (χ3v) is 6.26. The zero-order valence-electron chi connectivity index (χ0n) is 14.8. The third kappa shape index (κ3) is 4.73. The van der Waals surface area contributed by atoms with Crippen LogP contribution in [-0.2, 0) is 4.79 Å². The van der Waals surface area contributed by atoms with Gasteiger partial charge >= 0.3 is 0 Å². The fourth-order valence-electron chi connectivity index (χ4n) is 2.66. The Balaban J connectivity index is 1.53. The smallest absolute Gasteiger partial charge is 0.262 e. The molecule has 1 aromatic heterocycles. The van der Waals surface area contributed by atoms with Gasteiger partial charge in [0.1, 0.15) is 10.8 Å². The standard InChI is InChI=1S/C21H13BrCl2N2O2S/c22-12-5-7-13(8-6-12)28-11-20(27)25-18-9-14(15(23)10-16(18)24)21-26-17-3-1-2-4-19(17)29-21/h1-10H,11H2,(H,25,27). The van der Waals surface area contributed by atoms with E-state index in [1.165, 1.54) is 11.3 Å². The topological polar surface area (TPSA) is 51.2 Å². The van der Waals surface area contributed by atoms with Crippen LogP contribution in [0.25, 0.3) is 20.8 Å². The van der Waals surface area contributed by atoms with Crippen molar-refractivity contribution in [1.29, 1.82) is 0 Å². The predicted molar refractivity (Wildman–Crippen MR) is 123 cm³/mol. The number of carbonyl (C=O) groups is 1. The molecule has 0 fully saturated rings. The van der Waals surface area contributed by atoms with Crippen LogP contribution in [0.5, 0.6) is 5.75 Å². The summed E-state index contributed by atoms with van der Waals surface area (Å²) < 4.78 is 7.49. The van der Waals surface area contributed by atoms with Gasteiger partial charge in [0.15, 0.2) is 6.61 Å². The van der Waals surface area contributed by atoms with Crippen molar-refractivity contribution in [3.63, 3.8) is 0 Å². The number of thiazole rings is 1. The highest BCUT2D eigenvalue weighted by molar-refractivity contribution is 9.10. The van der Waals surface area contributed by atoms with E-state index in [-0.39, 0.29) is 12.5 Å². The fraction of sp³-hybridized carbons (Fsp3) is 0.0476. The van der Waals surface area contributed by atoms with E-state index in [9.17, 15) is 4.79 Å². The molecule has 0 aliphatic rings. The monoisotopic (exact) mass is 506 g/mol. The second-order valence-corrected chi connectivity index (χ2v) is 8.85. The Labute approximate surface area is 189 Å². The molecule has 0 spiro atoms. The molecule has 0 saturated carbocycles. The number of para-hydroxylation sites is 1. The van der Waals surface area contributed by atoms with E-state index in [4.69, 9.17) is 27.9 Å². The summed E-state index contributed by atoms with van der Waals surface area (Å²) in [5.74, 6) is 0.271. The quantitative estimate of drug-likeness (QED) is 0.315. The maximum atomic E-state index is 12.3. The Bertz CT molecular complexity index is 1160. The van der Waals surface area contributed by atoms with Gasteiger partial charge < -0.3 is 10.1 Å². The molecule has 0 bridgehead atoms. The molecule has 1 N–H and O–H groups in total. The van der Waals surface area contributed by atoms with Crippen LogP contribution in [0.2, 0.25) is 10.0 Å². The van der Waals surface area contributed by atoms with Crippen molar-refractivity contribution in [2.24, 2.45) is 0 Å². The number of rotatable bonds is 5. The molecule has 0 aliphatic heterocycles. The largest absolute Gasteiger partial charge is 0.484 e. The van der Waals surface area contributed by atoms with Crippen LogP contribution in [0.4, 0.5) is 5.69 Å². The highest BCUT2D eigenvalue weighted by atomic mass is 79.9. The van der Waals surface area contributed by atoms with Gasteiger partial charge in [0.25, 0.3) is 5.91 Å². The van der Waals surface area contributed by atoms with Crippen LogP contribution >= 0.6 is 50.5 Å². The molecule has 0 atom stereocenters. The summed E-state index contributed by atoms with van der Waals surface area (Å²) in [6.45, 7) is -0.142. The van der Waals surface area contributed by atoms with Crippen molar-refractivity contribution < 1.29 is 9.53 Å². The number of carbonyl (C=O) groups excluding carboxylic acids is 1. The minimum atomic E-state index is -0.326. The molecule has 1 amide bonds. The average molecular weight is 508 g/mol. The van der Waals surface area contributed by atoms with Crippen LogP contribution in [0.1, 0.15) is 0 Å². The summed E-state index contributed by atoms with van der Waals surface area (Å²) in [7, 11) is 0. The van der Waals surface area contributed by atoms with Gasteiger partial charge in [-0.3, -0.25) is 4.79 Å². The number of anilines is 1. The van der Waals surface area contributed by atoms with E-state index in [1.54, 1.807) is 24.3 Å². The molecule has 3 aromatic carbocycles. The molecule has 0 aliphatic carbocycles.